The molecule has 0 bridgehead atoms. The van der Waals surface area contributed by atoms with Crippen LogP contribution in [0.5, 0.6) is 0 Å². The molecule has 0 aliphatic carbocycles. The second kappa shape index (κ2) is 4.03. The predicted octanol–water partition coefficient (Wildman–Crippen LogP) is 1.45. The lowest BCUT2D eigenvalue weighted by molar-refractivity contribution is 0.0697. The third kappa shape index (κ3) is 1.73. The summed E-state index contributed by atoms with van der Waals surface area (Å²) in [6.07, 6.45) is 2.55. The fourth-order valence-electron chi connectivity index (χ4n) is 1.55. The number of aromatic carboxylic acids is 1. The lowest BCUT2D eigenvalue weighted by Crippen LogP contribution is -2.14. The zero-order valence-corrected chi connectivity index (χ0v) is 8.42. The summed E-state index contributed by atoms with van der Waals surface area (Å²) in [5.74, 6) is -1.01. The summed E-state index contributed by atoms with van der Waals surface area (Å²) in [7, 11) is 0. The van der Waals surface area contributed by atoms with E-state index in [2.05, 4.69) is 5.10 Å². The number of benzene rings is 1. The third-order valence-electron chi connectivity index (χ3n) is 2.33. The maximum Gasteiger partial charge on any atom is 0.335 e. The molecule has 2 rings (SSSR count). The average molecular weight is 215 g/mol. The third-order valence-corrected chi connectivity index (χ3v) is 2.33. The van der Waals surface area contributed by atoms with Gasteiger partial charge in [-0.2, -0.15) is 10.4 Å². The quantitative estimate of drug-likeness (QED) is 0.810. The van der Waals surface area contributed by atoms with E-state index in [1.165, 1.54) is 18.2 Å². The van der Waals surface area contributed by atoms with Crippen LogP contribution in [0.25, 0.3) is 0 Å². The zero-order chi connectivity index (χ0) is 11.5. The van der Waals surface area contributed by atoms with E-state index < -0.39 is 5.97 Å². The molecule has 0 saturated carbocycles. The fraction of sp³-hybridized carbons (Fsp3) is 0.182. The second-order valence-corrected chi connectivity index (χ2v) is 3.36. The summed E-state index contributed by atoms with van der Waals surface area (Å²) in [5.41, 5.74) is 1.15. The van der Waals surface area contributed by atoms with Gasteiger partial charge in [0.1, 0.15) is 6.07 Å². The van der Waals surface area contributed by atoms with Crippen LogP contribution in [0.4, 0.5) is 5.69 Å². The van der Waals surface area contributed by atoms with Crippen LogP contribution in [-0.2, 0) is 0 Å². The number of anilines is 1. The molecular formula is C11H9N3O2. The SMILES string of the molecule is N#Cc1ccc(C(=O)O)cc1N1CCC=N1. The minimum atomic E-state index is -1.01. The first-order chi connectivity index (χ1) is 7.72. The molecule has 0 radical (unpaired) electrons. The summed E-state index contributed by atoms with van der Waals surface area (Å²) in [6, 6.07) is 6.43. The van der Waals surface area contributed by atoms with Gasteiger partial charge in [-0.1, -0.05) is 0 Å². The Hall–Kier alpha value is -2.35. The second-order valence-electron chi connectivity index (χ2n) is 3.36. The highest BCUT2D eigenvalue weighted by atomic mass is 16.4. The molecule has 0 saturated heterocycles. The van der Waals surface area contributed by atoms with Crippen LogP contribution in [0.15, 0.2) is 23.3 Å². The number of hydrogen-bond donors (Lipinski definition) is 1. The Morgan fingerprint density at radius 1 is 1.56 bits per heavy atom. The van der Waals surface area contributed by atoms with Crippen molar-refractivity contribution >= 4 is 17.9 Å². The van der Waals surface area contributed by atoms with Crippen molar-refractivity contribution in [1.29, 1.82) is 5.26 Å². The molecule has 0 amide bonds. The van der Waals surface area contributed by atoms with Gasteiger partial charge in [0, 0.05) is 19.2 Å². The minimum Gasteiger partial charge on any atom is -0.478 e. The van der Waals surface area contributed by atoms with E-state index in [1.54, 1.807) is 11.2 Å². The van der Waals surface area contributed by atoms with Crippen LogP contribution in [0.1, 0.15) is 22.3 Å². The number of hydrazone groups is 1. The topological polar surface area (TPSA) is 76.7 Å². The van der Waals surface area contributed by atoms with Crippen LogP contribution < -0.4 is 5.01 Å². The van der Waals surface area contributed by atoms with Crippen LogP contribution >= 0.6 is 0 Å². The van der Waals surface area contributed by atoms with Gasteiger partial charge in [-0.3, -0.25) is 5.01 Å². The van der Waals surface area contributed by atoms with E-state index >= 15 is 0 Å². The molecule has 1 aliphatic heterocycles. The van der Waals surface area contributed by atoms with Crippen molar-refractivity contribution in [3.8, 4) is 6.07 Å². The Bertz CT molecular complexity index is 502. The summed E-state index contributed by atoms with van der Waals surface area (Å²) in [6.45, 7) is 0.678. The highest BCUT2D eigenvalue weighted by Gasteiger charge is 2.15. The van der Waals surface area contributed by atoms with Crippen LogP contribution in [-0.4, -0.2) is 23.8 Å². The number of rotatable bonds is 2. The zero-order valence-electron chi connectivity index (χ0n) is 8.42. The van der Waals surface area contributed by atoms with Crippen LogP contribution in [0, 0.1) is 11.3 Å². The van der Waals surface area contributed by atoms with E-state index in [1.807, 2.05) is 6.07 Å². The first-order valence-corrected chi connectivity index (χ1v) is 4.80. The standard InChI is InChI=1S/C11H9N3O2/c12-7-9-3-2-8(11(15)16)6-10(9)14-5-1-4-13-14/h2-4,6H,1,5H2,(H,15,16). The molecule has 5 nitrogen and oxygen atoms in total. The average Bonchev–Trinajstić information content (AvgIpc) is 2.81. The van der Waals surface area contributed by atoms with Gasteiger partial charge in [0.25, 0.3) is 0 Å². The van der Waals surface area contributed by atoms with E-state index in [4.69, 9.17) is 10.4 Å². The van der Waals surface area contributed by atoms with E-state index in [9.17, 15) is 4.79 Å². The van der Waals surface area contributed by atoms with Crippen molar-refractivity contribution in [2.45, 2.75) is 6.42 Å². The Morgan fingerprint density at radius 2 is 2.38 bits per heavy atom. The monoisotopic (exact) mass is 215 g/mol. The Balaban J connectivity index is 2.47. The lowest BCUT2D eigenvalue weighted by Gasteiger charge is -2.15. The largest absolute Gasteiger partial charge is 0.478 e. The van der Waals surface area contributed by atoms with Gasteiger partial charge in [0.2, 0.25) is 0 Å². The number of carboxylic acids is 1. The van der Waals surface area contributed by atoms with Crippen LogP contribution in [0.2, 0.25) is 0 Å². The van der Waals surface area contributed by atoms with E-state index in [0.717, 1.165) is 6.42 Å². The highest BCUT2D eigenvalue weighted by molar-refractivity contribution is 5.89. The van der Waals surface area contributed by atoms with Gasteiger partial charge < -0.3 is 5.11 Å². The highest BCUT2D eigenvalue weighted by Crippen LogP contribution is 2.24. The number of nitrogens with zero attached hydrogens (tertiary/aromatic N) is 3. The molecule has 16 heavy (non-hydrogen) atoms. The molecule has 0 unspecified atom stereocenters. The normalized spacial score (nSPS) is 13.8. The molecule has 1 aliphatic rings. The number of carboxylic acid groups (broad SMARTS) is 1. The molecular weight excluding hydrogens is 206 g/mol. The van der Waals surface area contributed by atoms with Crippen molar-refractivity contribution in [2.75, 3.05) is 11.6 Å². The first-order valence-electron chi connectivity index (χ1n) is 4.80. The van der Waals surface area contributed by atoms with Crippen molar-refractivity contribution in [2.24, 2.45) is 5.10 Å². The molecule has 1 aromatic carbocycles. The number of carbonyl (C=O) groups is 1. The minimum absolute atomic E-state index is 0.163. The Morgan fingerprint density at radius 3 is 2.94 bits per heavy atom. The van der Waals surface area contributed by atoms with Crippen molar-refractivity contribution in [3.63, 3.8) is 0 Å². The van der Waals surface area contributed by atoms with Crippen molar-refractivity contribution < 1.29 is 9.90 Å². The van der Waals surface area contributed by atoms with E-state index in [-0.39, 0.29) is 5.56 Å². The van der Waals surface area contributed by atoms with E-state index in [0.29, 0.717) is 17.8 Å². The maximum absolute atomic E-state index is 10.8. The molecule has 5 heteroatoms. The summed E-state index contributed by atoms with van der Waals surface area (Å²) in [5, 5.41) is 23.5. The predicted molar refractivity (Wildman–Crippen MR) is 58.6 cm³/mol. The van der Waals surface area contributed by atoms with Gasteiger partial charge in [0.05, 0.1) is 16.8 Å². The van der Waals surface area contributed by atoms with Gasteiger partial charge in [-0.05, 0) is 18.2 Å². The van der Waals surface area contributed by atoms with Crippen LogP contribution in [0.3, 0.4) is 0 Å². The molecule has 0 spiro atoms. The number of hydrogen-bond acceptors (Lipinski definition) is 4. The maximum atomic E-state index is 10.8. The van der Waals surface area contributed by atoms with Gasteiger partial charge in [0.15, 0.2) is 0 Å². The molecule has 80 valence electrons. The molecule has 1 N–H and O–H groups in total. The summed E-state index contributed by atoms with van der Waals surface area (Å²) < 4.78 is 0. The van der Waals surface area contributed by atoms with Crippen molar-refractivity contribution in [3.05, 3.63) is 29.3 Å². The summed E-state index contributed by atoms with van der Waals surface area (Å²) in [4.78, 5) is 10.8. The molecule has 0 aromatic heterocycles. The van der Waals surface area contributed by atoms with Gasteiger partial charge in [-0.15, -0.1) is 0 Å². The Kier molecular flexibility index (Phi) is 2.56. The molecule has 1 aromatic rings. The van der Waals surface area contributed by atoms with Gasteiger partial charge in [-0.25, -0.2) is 4.79 Å². The summed E-state index contributed by atoms with van der Waals surface area (Å²) >= 11 is 0. The molecule has 0 atom stereocenters. The number of nitriles is 1. The van der Waals surface area contributed by atoms with Gasteiger partial charge >= 0.3 is 5.97 Å². The van der Waals surface area contributed by atoms with Crippen molar-refractivity contribution in [1.82, 2.24) is 0 Å². The smallest absolute Gasteiger partial charge is 0.335 e. The molecule has 1 heterocycles. The Labute approximate surface area is 92.2 Å². The fourth-order valence-corrected chi connectivity index (χ4v) is 1.55. The lowest BCUT2D eigenvalue weighted by atomic mass is 10.1. The first kappa shape index (κ1) is 10.2. The molecule has 0 fully saturated rings.